The fourth-order valence-electron chi connectivity index (χ4n) is 2.09. The minimum Gasteiger partial charge on any atom is -0.366 e. The molecule has 62 valence electrons. The van der Waals surface area contributed by atoms with Gasteiger partial charge in [0.25, 0.3) is 0 Å². The first kappa shape index (κ1) is 7.35. The highest BCUT2D eigenvalue weighted by atomic mass is 16.6. The Morgan fingerprint density at radius 1 is 1.64 bits per heavy atom. The van der Waals surface area contributed by atoms with Crippen LogP contribution in [0.25, 0.3) is 0 Å². The molecule has 1 aliphatic carbocycles. The van der Waals surface area contributed by atoms with Crippen molar-refractivity contribution in [2.45, 2.75) is 44.8 Å². The Hall–Kier alpha value is -0.300. The summed E-state index contributed by atoms with van der Waals surface area (Å²) in [4.78, 5) is 0. The summed E-state index contributed by atoms with van der Waals surface area (Å²) in [5.41, 5.74) is 1.61. The van der Waals surface area contributed by atoms with E-state index in [4.69, 9.17) is 4.74 Å². The van der Waals surface area contributed by atoms with Crippen molar-refractivity contribution in [1.82, 2.24) is 0 Å². The van der Waals surface area contributed by atoms with Crippen molar-refractivity contribution in [2.24, 2.45) is 5.92 Å². The van der Waals surface area contributed by atoms with Crippen LogP contribution in [0, 0.1) is 5.92 Å². The van der Waals surface area contributed by atoms with Crippen LogP contribution < -0.4 is 0 Å². The maximum atomic E-state index is 5.60. The Morgan fingerprint density at radius 3 is 2.91 bits per heavy atom. The molecule has 0 amide bonds. The zero-order valence-electron chi connectivity index (χ0n) is 7.39. The maximum Gasteiger partial charge on any atom is 0.0920 e. The molecule has 2 aliphatic rings. The minimum atomic E-state index is 0.270. The number of fused-ring (bicyclic) bond motifs is 1. The zero-order valence-corrected chi connectivity index (χ0v) is 7.39. The summed E-state index contributed by atoms with van der Waals surface area (Å²) in [6.07, 6.45) is 4.28. The lowest BCUT2D eigenvalue weighted by Gasteiger charge is -2.22. The molecule has 1 saturated carbocycles. The Balaban J connectivity index is 1.98. The molecule has 0 bridgehead atoms. The van der Waals surface area contributed by atoms with Crippen LogP contribution in [-0.2, 0) is 4.74 Å². The Labute approximate surface area is 68.4 Å². The van der Waals surface area contributed by atoms with E-state index in [1.165, 1.54) is 24.8 Å². The molecule has 1 nitrogen and oxygen atoms in total. The van der Waals surface area contributed by atoms with Gasteiger partial charge in [0.2, 0.25) is 0 Å². The molecule has 1 saturated heterocycles. The molecule has 1 heteroatoms. The van der Waals surface area contributed by atoms with Crippen LogP contribution >= 0.6 is 0 Å². The SMILES string of the molecule is C=C(C)C1CC[C@@]2(C)O[C@@H]2C1. The second kappa shape index (κ2) is 2.10. The lowest BCUT2D eigenvalue weighted by Crippen LogP contribution is -2.21. The van der Waals surface area contributed by atoms with Crippen molar-refractivity contribution < 1.29 is 4.74 Å². The fourth-order valence-corrected chi connectivity index (χ4v) is 2.09. The molecule has 2 rings (SSSR count). The summed E-state index contributed by atoms with van der Waals surface area (Å²) >= 11 is 0. The lowest BCUT2D eigenvalue weighted by molar-refractivity contribution is 0.303. The van der Waals surface area contributed by atoms with E-state index < -0.39 is 0 Å². The van der Waals surface area contributed by atoms with Crippen LogP contribution in [-0.4, -0.2) is 11.7 Å². The van der Waals surface area contributed by atoms with Gasteiger partial charge in [0, 0.05) is 0 Å². The van der Waals surface area contributed by atoms with Crippen molar-refractivity contribution in [1.29, 1.82) is 0 Å². The van der Waals surface area contributed by atoms with Gasteiger partial charge in [-0.05, 0) is 39.0 Å². The summed E-state index contributed by atoms with van der Waals surface area (Å²) in [5, 5.41) is 0. The number of ether oxygens (including phenoxy) is 1. The molecule has 0 radical (unpaired) electrons. The molecule has 0 aromatic heterocycles. The average molecular weight is 152 g/mol. The summed E-state index contributed by atoms with van der Waals surface area (Å²) in [6, 6.07) is 0. The Bertz CT molecular complexity index is 197. The third-order valence-electron chi connectivity index (χ3n) is 3.22. The van der Waals surface area contributed by atoms with E-state index in [2.05, 4.69) is 20.4 Å². The van der Waals surface area contributed by atoms with E-state index >= 15 is 0 Å². The van der Waals surface area contributed by atoms with Crippen LogP contribution in [0.4, 0.5) is 0 Å². The van der Waals surface area contributed by atoms with Gasteiger partial charge in [0.15, 0.2) is 0 Å². The van der Waals surface area contributed by atoms with Gasteiger partial charge >= 0.3 is 0 Å². The number of allylic oxidation sites excluding steroid dienone is 1. The number of rotatable bonds is 1. The van der Waals surface area contributed by atoms with E-state index in [1.807, 2.05) is 0 Å². The maximum absolute atomic E-state index is 5.60. The van der Waals surface area contributed by atoms with Crippen molar-refractivity contribution in [3.63, 3.8) is 0 Å². The summed E-state index contributed by atoms with van der Waals surface area (Å²) in [6.45, 7) is 8.36. The molecular formula is C10H16O. The van der Waals surface area contributed by atoms with Gasteiger partial charge in [-0.25, -0.2) is 0 Å². The molecule has 0 spiro atoms. The standard InChI is InChI=1S/C10H16O/c1-7(2)8-4-5-10(3)9(6-8)11-10/h8-9H,1,4-6H2,2-3H3/t8?,9-,10-/m1/s1. The molecule has 0 aromatic rings. The van der Waals surface area contributed by atoms with E-state index in [0.29, 0.717) is 6.10 Å². The van der Waals surface area contributed by atoms with Gasteiger partial charge in [0.1, 0.15) is 0 Å². The van der Waals surface area contributed by atoms with E-state index in [1.54, 1.807) is 0 Å². The molecule has 1 aliphatic heterocycles. The van der Waals surface area contributed by atoms with Crippen molar-refractivity contribution in [3.8, 4) is 0 Å². The van der Waals surface area contributed by atoms with Gasteiger partial charge in [-0.15, -0.1) is 0 Å². The Morgan fingerprint density at radius 2 is 2.36 bits per heavy atom. The van der Waals surface area contributed by atoms with Gasteiger partial charge in [0.05, 0.1) is 11.7 Å². The van der Waals surface area contributed by atoms with Crippen LogP contribution in [0.5, 0.6) is 0 Å². The van der Waals surface area contributed by atoms with E-state index in [0.717, 1.165) is 5.92 Å². The van der Waals surface area contributed by atoms with Gasteiger partial charge in [-0.1, -0.05) is 12.2 Å². The third-order valence-corrected chi connectivity index (χ3v) is 3.22. The van der Waals surface area contributed by atoms with Crippen LogP contribution in [0.2, 0.25) is 0 Å². The molecule has 11 heavy (non-hydrogen) atoms. The number of hydrogen-bond donors (Lipinski definition) is 0. The third kappa shape index (κ3) is 1.12. The normalized spacial score (nSPS) is 48.2. The highest BCUT2D eigenvalue weighted by Gasteiger charge is 2.55. The van der Waals surface area contributed by atoms with E-state index in [9.17, 15) is 0 Å². The summed E-state index contributed by atoms with van der Waals surface area (Å²) in [5.74, 6) is 0.732. The second-order valence-electron chi connectivity index (χ2n) is 4.24. The van der Waals surface area contributed by atoms with Crippen LogP contribution in [0.1, 0.15) is 33.1 Å². The quantitative estimate of drug-likeness (QED) is 0.415. The molecule has 1 heterocycles. The second-order valence-corrected chi connectivity index (χ2v) is 4.24. The smallest absolute Gasteiger partial charge is 0.0920 e. The average Bonchev–Trinajstić information content (AvgIpc) is 2.58. The molecule has 0 N–H and O–H groups in total. The minimum absolute atomic E-state index is 0.270. The summed E-state index contributed by atoms with van der Waals surface area (Å²) in [7, 11) is 0. The fraction of sp³-hybridized carbons (Fsp3) is 0.800. The van der Waals surface area contributed by atoms with Crippen LogP contribution in [0.3, 0.4) is 0 Å². The highest BCUT2D eigenvalue weighted by molar-refractivity contribution is 5.10. The van der Waals surface area contributed by atoms with Gasteiger partial charge in [-0.2, -0.15) is 0 Å². The topological polar surface area (TPSA) is 12.5 Å². The van der Waals surface area contributed by atoms with Crippen molar-refractivity contribution in [3.05, 3.63) is 12.2 Å². The number of epoxide rings is 1. The largest absolute Gasteiger partial charge is 0.366 e. The first-order valence-corrected chi connectivity index (χ1v) is 4.45. The molecular weight excluding hydrogens is 136 g/mol. The first-order chi connectivity index (χ1) is 5.12. The molecule has 2 fully saturated rings. The zero-order chi connectivity index (χ0) is 8.06. The molecule has 1 unspecified atom stereocenters. The van der Waals surface area contributed by atoms with Gasteiger partial charge < -0.3 is 4.74 Å². The predicted molar refractivity (Wildman–Crippen MR) is 45.4 cm³/mol. The van der Waals surface area contributed by atoms with E-state index in [-0.39, 0.29) is 5.60 Å². The highest BCUT2D eigenvalue weighted by Crippen LogP contribution is 2.50. The Kier molecular flexibility index (Phi) is 1.40. The first-order valence-electron chi connectivity index (χ1n) is 4.45. The molecule has 0 aromatic carbocycles. The lowest BCUT2D eigenvalue weighted by atomic mass is 9.80. The molecule has 3 atom stereocenters. The van der Waals surface area contributed by atoms with Crippen LogP contribution in [0.15, 0.2) is 12.2 Å². The van der Waals surface area contributed by atoms with Crippen molar-refractivity contribution >= 4 is 0 Å². The number of hydrogen-bond acceptors (Lipinski definition) is 1. The van der Waals surface area contributed by atoms with Gasteiger partial charge in [-0.3, -0.25) is 0 Å². The summed E-state index contributed by atoms with van der Waals surface area (Å²) < 4.78 is 5.60. The predicted octanol–water partition coefficient (Wildman–Crippen LogP) is 2.52. The van der Waals surface area contributed by atoms with Crippen molar-refractivity contribution in [2.75, 3.05) is 0 Å². The monoisotopic (exact) mass is 152 g/mol.